The molecule has 0 unspecified atom stereocenters. The lowest BCUT2D eigenvalue weighted by atomic mass is 9.83. The molecule has 3 atom stereocenters. The average Bonchev–Trinajstić information content (AvgIpc) is 3.17. The Morgan fingerprint density at radius 1 is 1.16 bits per heavy atom. The number of para-hydroxylation sites is 1. The number of methoxy groups -OCH3 is 1. The van der Waals surface area contributed by atoms with Gasteiger partial charge in [0.15, 0.2) is 0 Å². The van der Waals surface area contributed by atoms with Gasteiger partial charge in [0.25, 0.3) is 0 Å². The lowest BCUT2D eigenvalue weighted by Gasteiger charge is -2.33. The topological polar surface area (TPSA) is 101 Å². The summed E-state index contributed by atoms with van der Waals surface area (Å²) in [6, 6.07) is 16.3. The zero-order chi connectivity index (χ0) is 21.8. The van der Waals surface area contributed by atoms with Crippen molar-refractivity contribution in [2.45, 2.75) is 44.2 Å². The van der Waals surface area contributed by atoms with E-state index in [0.29, 0.717) is 30.1 Å². The number of urea groups is 1. The van der Waals surface area contributed by atoms with Crippen molar-refractivity contribution in [2.24, 2.45) is 0 Å². The molecular weight excluding hydrogens is 394 g/mol. The zero-order valence-electron chi connectivity index (χ0n) is 17.7. The molecule has 4 rings (SSSR count). The Bertz CT molecular complexity index is 1040. The van der Waals surface area contributed by atoms with E-state index in [1.54, 1.807) is 25.3 Å². The first-order chi connectivity index (χ1) is 15.0. The molecule has 0 radical (unpaired) electrons. The van der Waals surface area contributed by atoms with Gasteiger partial charge in [-0.2, -0.15) is 5.10 Å². The second kappa shape index (κ2) is 9.18. The van der Waals surface area contributed by atoms with Gasteiger partial charge in [0.2, 0.25) is 0 Å². The molecule has 1 heterocycles. The molecule has 1 aromatic heterocycles. The van der Waals surface area contributed by atoms with Crippen molar-refractivity contribution in [2.75, 3.05) is 12.4 Å². The fourth-order valence-electron chi connectivity index (χ4n) is 4.04. The van der Waals surface area contributed by atoms with Crippen molar-refractivity contribution < 1.29 is 14.6 Å². The van der Waals surface area contributed by atoms with Crippen molar-refractivity contribution in [3.05, 3.63) is 66.2 Å². The van der Waals surface area contributed by atoms with E-state index < -0.39 is 6.10 Å². The van der Waals surface area contributed by atoms with Crippen LogP contribution in [0, 0.1) is 6.92 Å². The van der Waals surface area contributed by atoms with Crippen molar-refractivity contribution >= 4 is 11.7 Å². The van der Waals surface area contributed by atoms with Gasteiger partial charge in [0.05, 0.1) is 24.9 Å². The predicted octanol–water partition coefficient (Wildman–Crippen LogP) is 3.40. The number of rotatable bonds is 5. The summed E-state index contributed by atoms with van der Waals surface area (Å²) >= 11 is 0. The second-order valence-electron chi connectivity index (χ2n) is 7.78. The number of nitrogens with one attached hydrogen (secondary N) is 2. The van der Waals surface area contributed by atoms with Crippen LogP contribution < -0.4 is 15.4 Å². The number of carbonyl (C=O) groups is 1. The van der Waals surface area contributed by atoms with Gasteiger partial charge in [0.1, 0.15) is 17.4 Å². The Hall–Kier alpha value is -3.39. The van der Waals surface area contributed by atoms with Crippen molar-refractivity contribution in [3.8, 4) is 11.4 Å². The van der Waals surface area contributed by atoms with Gasteiger partial charge in [-0.05, 0) is 50.5 Å². The van der Waals surface area contributed by atoms with E-state index in [-0.39, 0.29) is 18.0 Å². The number of nitrogens with zero attached hydrogens (tertiary/aromatic N) is 3. The van der Waals surface area contributed by atoms with Crippen LogP contribution in [-0.2, 0) is 0 Å². The molecular formula is C23H27N5O3. The maximum Gasteiger partial charge on any atom is 0.319 e. The molecule has 0 aliphatic heterocycles. The molecule has 0 spiro atoms. The van der Waals surface area contributed by atoms with Crippen LogP contribution in [0.4, 0.5) is 10.5 Å². The maximum absolute atomic E-state index is 12.6. The van der Waals surface area contributed by atoms with Gasteiger partial charge < -0.3 is 20.5 Å². The Morgan fingerprint density at radius 2 is 1.97 bits per heavy atom. The lowest BCUT2D eigenvalue weighted by molar-refractivity contribution is 0.0864. The third-order valence-electron chi connectivity index (χ3n) is 5.56. The molecule has 2 aromatic carbocycles. The molecule has 3 aromatic rings. The number of aliphatic hydroxyl groups is 1. The quantitative estimate of drug-likeness (QED) is 0.586. The van der Waals surface area contributed by atoms with Crippen LogP contribution in [0.2, 0.25) is 0 Å². The highest BCUT2D eigenvalue weighted by atomic mass is 16.5. The van der Waals surface area contributed by atoms with E-state index in [2.05, 4.69) is 20.7 Å². The summed E-state index contributed by atoms with van der Waals surface area (Å²) in [4.78, 5) is 17.2. The summed E-state index contributed by atoms with van der Waals surface area (Å²) in [5.41, 5.74) is 1.57. The molecule has 3 N–H and O–H groups in total. The molecule has 1 aliphatic rings. The maximum atomic E-state index is 12.6. The molecule has 31 heavy (non-hydrogen) atoms. The molecule has 162 valence electrons. The third kappa shape index (κ3) is 4.86. The zero-order valence-corrected chi connectivity index (χ0v) is 17.7. The molecule has 1 fully saturated rings. The van der Waals surface area contributed by atoms with Gasteiger partial charge in [-0.25, -0.2) is 14.5 Å². The van der Waals surface area contributed by atoms with Crippen LogP contribution >= 0.6 is 0 Å². The number of aryl methyl sites for hydroxylation is 1. The Morgan fingerprint density at radius 3 is 2.74 bits per heavy atom. The molecule has 0 saturated heterocycles. The first-order valence-corrected chi connectivity index (χ1v) is 10.4. The molecule has 1 aliphatic carbocycles. The van der Waals surface area contributed by atoms with E-state index >= 15 is 0 Å². The number of ether oxygens (including phenoxy) is 1. The van der Waals surface area contributed by atoms with Gasteiger partial charge in [0, 0.05) is 17.7 Å². The summed E-state index contributed by atoms with van der Waals surface area (Å²) in [7, 11) is 1.58. The van der Waals surface area contributed by atoms with Gasteiger partial charge in [-0.1, -0.05) is 24.3 Å². The van der Waals surface area contributed by atoms with E-state index in [9.17, 15) is 9.90 Å². The first kappa shape index (κ1) is 20.9. The van der Waals surface area contributed by atoms with E-state index in [1.165, 1.54) is 0 Å². The van der Waals surface area contributed by atoms with Crippen LogP contribution in [-0.4, -0.2) is 45.2 Å². The fraction of sp³-hybridized carbons (Fsp3) is 0.348. The van der Waals surface area contributed by atoms with Crippen LogP contribution in [0.25, 0.3) is 5.69 Å². The number of carbonyl (C=O) groups excluding carboxylic acids is 1. The number of aliphatic hydroxyl groups excluding tert-OH is 1. The minimum atomic E-state index is -0.610. The highest BCUT2D eigenvalue weighted by Gasteiger charge is 2.34. The van der Waals surface area contributed by atoms with Crippen LogP contribution in [0.3, 0.4) is 0 Å². The summed E-state index contributed by atoms with van der Waals surface area (Å²) in [6.45, 7) is 1.87. The first-order valence-electron chi connectivity index (χ1n) is 10.4. The van der Waals surface area contributed by atoms with Crippen molar-refractivity contribution in [1.29, 1.82) is 0 Å². The highest BCUT2D eigenvalue weighted by molar-refractivity contribution is 5.89. The Balaban J connectivity index is 1.47. The predicted molar refractivity (Wildman–Crippen MR) is 118 cm³/mol. The number of anilines is 1. The Kier molecular flexibility index (Phi) is 6.18. The number of hydrogen-bond donors (Lipinski definition) is 3. The lowest BCUT2D eigenvalue weighted by Crippen LogP contribution is -2.48. The van der Waals surface area contributed by atoms with Crippen LogP contribution in [0.15, 0.2) is 54.6 Å². The van der Waals surface area contributed by atoms with E-state index in [1.807, 2.05) is 48.0 Å². The fourth-order valence-corrected chi connectivity index (χ4v) is 4.04. The molecule has 2 amide bonds. The SMILES string of the molecule is COc1cccc(NC(=O)N[C@@H]2C[C@@H](c3nc(C)nn3-c3ccccc3)CC[C@H]2O)c1. The van der Waals surface area contributed by atoms with Gasteiger partial charge in [-0.3, -0.25) is 0 Å². The summed E-state index contributed by atoms with van der Waals surface area (Å²) < 4.78 is 7.06. The average molecular weight is 422 g/mol. The number of hydrogen-bond acceptors (Lipinski definition) is 5. The minimum absolute atomic E-state index is 0.0759. The monoisotopic (exact) mass is 421 g/mol. The molecule has 8 heteroatoms. The van der Waals surface area contributed by atoms with E-state index in [0.717, 1.165) is 17.9 Å². The van der Waals surface area contributed by atoms with Gasteiger partial charge >= 0.3 is 6.03 Å². The van der Waals surface area contributed by atoms with Crippen molar-refractivity contribution in [1.82, 2.24) is 20.1 Å². The third-order valence-corrected chi connectivity index (χ3v) is 5.56. The molecule has 8 nitrogen and oxygen atoms in total. The highest BCUT2D eigenvalue weighted by Crippen LogP contribution is 2.33. The number of amides is 2. The van der Waals surface area contributed by atoms with Crippen LogP contribution in [0.5, 0.6) is 5.75 Å². The summed E-state index contributed by atoms with van der Waals surface area (Å²) in [5.74, 6) is 2.29. The van der Waals surface area contributed by atoms with Crippen LogP contribution in [0.1, 0.15) is 36.8 Å². The smallest absolute Gasteiger partial charge is 0.319 e. The Labute approximate surface area is 181 Å². The standard InChI is InChI=1S/C23H27N5O3/c1-15-24-22(28(27-15)18-8-4-3-5-9-18)16-11-12-21(29)20(13-16)26-23(30)25-17-7-6-10-19(14-17)31-2/h3-10,14,16,20-21,29H,11-13H2,1-2H3,(H2,25,26,30)/t16-,20+,21+/m0/s1. The van der Waals surface area contributed by atoms with Gasteiger partial charge in [-0.15, -0.1) is 0 Å². The minimum Gasteiger partial charge on any atom is -0.497 e. The molecule has 0 bridgehead atoms. The summed E-state index contributed by atoms with van der Waals surface area (Å²) in [5, 5.41) is 20.8. The van der Waals surface area contributed by atoms with Crippen molar-refractivity contribution in [3.63, 3.8) is 0 Å². The number of aromatic nitrogens is 3. The van der Waals surface area contributed by atoms with E-state index in [4.69, 9.17) is 4.74 Å². The number of benzene rings is 2. The molecule has 1 saturated carbocycles. The summed E-state index contributed by atoms with van der Waals surface area (Å²) in [6.07, 6.45) is 1.33. The normalized spacial score (nSPS) is 20.8. The second-order valence-corrected chi connectivity index (χ2v) is 7.78. The largest absolute Gasteiger partial charge is 0.497 e.